The number of thioether (sulfide) groups is 1. The lowest BCUT2D eigenvalue weighted by atomic mass is 10.00. The number of carboxylic acid groups (broad SMARTS) is 1. The SMILES string of the molecule is COc1ccc(N2C(=O)CSC(C(=O)O)C2c2ccc(F)cc2)cc1. The van der Waals surface area contributed by atoms with Gasteiger partial charge in [0.25, 0.3) is 0 Å². The summed E-state index contributed by atoms with van der Waals surface area (Å²) >= 11 is 1.08. The van der Waals surface area contributed by atoms with Crippen LogP contribution in [-0.4, -0.2) is 35.1 Å². The van der Waals surface area contributed by atoms with E-state index in [1.165, 1.54) is 29.2 Å². The average Bonchev–Trinajstić information content (AvgIpc) is 2.62. The van der Waals surface area contributed by atoms with Crippen LogP contribution >= 0.6 is 11.8 Å². The fourth-order valence-corrected chi connectivity index (χ4v) is 3.91. The van der Waals surface area contributed by atoms with Gasteiger partial charge in [-0.05, 0) is 42.0 Å². The number of methoxy groups -OCH3 is 1. The van der Waals surface area contributed by atoms with Gasteiger partial charge in [-0.3, -0.25) is 9.59 Å². The van der Waals surface area contributed by atoms with Crippen LogP contribution in [0.3, 0.4) is 0 Å². The average molecular weight is 361 g/mol. The predicted molar refractivity (Wildman–Crippen MR) is 93.5 cm³/mol. The number of benzene rings is 2. The van der Waals surface area contributed by atoms with Crippen LogP contribution in [-0.2, 0) is 9.59 Å². The number of hydrogen-bond donors (Lipinski definition) is 1. The molecule has 0 radical (unpaired) electrons. The lowest BCUT2D eigenvalue weighted by Gasteiger charge is -2.39. The topological polar surface area (TPSA) is 66.8 Å². The van der Waals surface area contributed by atoms with Crippen molar-refractivity contribution in [1.29, 1.82) is 0 Å². The molecule has 5 nitrogen and oxygen atoms in total. The zero-order chi connectivity index (χ0) is 18.0. The lowest BCUT2D eigenvalue weighted by Crippen LogP contribution is -2.48. The van der Waals surface area contributed by atoms with Crippen molar-refractivity contribution in [3.8, 4) is 5.75 Å². The summed E-state index contributed by atoms with van der Waals surface area (Å²) in [6.45, 7) is 0. The van der Waals surface area contributed by atoms with E-state index in [-0.39, 0.29) is 11.7 Å². The highest BCUT2D eigenvalue weighted by Gasteiger charge is 2.42. The van der Waals surface area contributed by atoms with Crippen LogP contribution in [0.4, 0.5) is 10.1 Å². The fraction of sp³-hybridized carbons (Fsp3) is 0.222. The van der Waals surface area contributed by atoms with Gasteiger partial charge in [-0.15, -0.1) is 11.8 Å². The van der Waals surface area contributed by atoms with E-state index < -0.39 is 23.1 Å². The van der Waals surface area contributed by atoms with E-state index in [1.54, 1.807) is 31.4 Å². The van der Waals surface area contributed by atoms with E-state index >= 15 is 0 Å². The first kappa shape index (κ1) is 17.3. The minimum absolute atomic E-state index is 0.0701. The number of anilines is 1. The van der Waals surface area contributed by atoms with Crippen molar-refractivity contribution in [2.45, 2.75) is 11.3 Å². The van der Waals surface area contributed by atoms with Crippen molar-refractivity contribution in [1.82, 2.24) is 0 Å². The van der Waals surface area contributed by atoms with Gasteiger partial charge in [0.1, 0.15) is 16.8 Å². The fourth-order valence-electron chi connectivity index (χ4n) is 2.85. The molecule has 2 atom stereocenters. The summed E-state index contributed by atoms with van der Waals surface area (Å²) in [5, 5.41) is 8.76. The summed E-state index contributed by atoms with van der Waals surface area (Å²) in [5.41, 5.74) is 1.15. The van der Waals surface area contributed by atoms with Crippen LogP contribution in [0.25, 0.3) is 0 Å². The molecule has 130 valence electrons. The van der Waals surface area contributed by atoms with Crippen molar-refractivity contribution >= 4 is 29.3 Å². The Hall–Kier alpha value is -2.54. The molecule has 1 aliphatic rings. The summed E-state index contributed by atoms with van der Waals surface area (Å²) < 4.78 is 18.4. The molecule has 0 aliphatic carbocycles. The lowest BCUT2D eigenvalue weighted by molar-refractivity contribution is -0.137. The standard InChI is InChI=1S/C18H16FNO4S/c1-24-14-8-6-13(7-9-14)20-15(21)10-25-17(18(22)23)16(20)11-2-4-12(19)5-3-11/h2-9,16-17H,10H2,1H3,(H,22,23). The number of aliphatic carboxylic acids is 1. The Balaban J connectivity index is 2.07. The molecule has 2 aromatic rings. The van der Waals surface area contributed by atoms with E-state index in [0.717, 1.165) is 11.8 Å². The maximum atomic E-state index is 13.3. The van der Waals surface area contributed by atoms with Crippen molar-refractivity contribution < 1.29 is 23.8 Å². The number of ether oxygens (including phenoxy) is 1. The van der Waals surface area contributed by atoms with E-state index in [2.05, 4.69) is 0 Å². The number of halogens is 1. The van der Waals surface area contributed by atoms with Gasteiger partial charge in [-0.2, -0.15) is 0 Å². The van der Waals surface area contributed by atoms with Gasteiger partial charge >= 0.3 is 5.97 Å². The first-order valence-electron chi connectivity index (χ1n) is 7.57. The van der Waals surface area contributed by atoms with E-state index in [1.807, 2.05) is 0 Å². The summed E-state index contributed by atoms with van der Waals surface area (Å²) in [7, 11) is 1.54. The zero-order valence-electron chi connectivity index (χ0n) is 13.4. The van der Waals surface area contributed by atoms with Crippen molar-refractivity contribution in [2.75, 3.05) is 17.8 Å². The van der Waals surface area contributed by atoms with Crippen LogP contribution < -0.4 is 9.64 Å². The highest BCUT2D eigenvalue weighted by atomic mass is 32.2. The molecule has 1 aliphatic heterocycles. The first-order chi connectivity index (χ1) is 12.0. The summed E-state index contributed by atoms with van der Waals surface area (Å²) in [6, 6.07) is 11.7. The Morgan fingerprint density at radius 2 is 1.84 bits per heavy atom. The Morgan fingerprint density at radius 1 is 1.20 bits per heavy atom. The number of nitrogens with zero attached hydrogens (tertiary/aromatic N) is 1. The monoisotopic (exact) mass is 361 g/mol. The van der Waals surface area contributed by atoms with Gasteiger partial charge in [0.15, 0.2) is 0 Å². The minimum atomic E-state index is -1.01. The van der Waals surface area contributed by atoms with Gasteiger partial charge in [0.05, 0.1) is 18.9 Å². The molecule has 1 saturated heterocycles. The summed E-state index contributed by atoms with van der Waals surface area (Å²) in [5.74, 6) is -0.912. The second-order valence-electron chi connectivity index (χ2n) is 5.53. The van der Waals surface area contributed by atoms with E-state index in [4.69, 9.17) is 4.74 Å². The highest BCUT2D eigenvalue weighted by Crippen LogP contribution is 2.40. The molecule has 0 saturated carbocycles. The molecule has 7 heteroatoms. The second-order valence-corrected chi connectivity index (χ2v) is 6.66. The molecular formula is C18H16FNO4S. The second kappa shape index (κ2) is 7.14. The van der Waals surface area contributed by atoms with Crippen LogP contribution in [0.15, 0.2) is 48.5 Å². The quantitative estimate of drug-likeness (QED) is 0.906. The Bertz CT molecular complexity index is 779. The zero-order valence-corrected chi connectivity index (χ0v) is 14.2. The number of carbonyl (C=O) groups is 2. The molecule has 2 aromatic carbocycles. The Morgan fingerprint density at radius 3 is 2.40 bits per heavy atom. The molecule has 25 heavy (non-hydrogen) atoms. The van der Waals surface area contributed by atoms with Crippen molar-refractivity contribution in [2.24, 2.45) is 0 Å². The maximum Gasteiger partial charge on any atom is 0.319 e. The Kier molecular flexibility index (Phi) is 4.94. The third-order valence-electron chi connectivity index (χ3n) is 4.03. The summed E-state index contributed by atoms with van der Waals surface area (Å²) in [4.78, 5) is 25.8. The number of rotatable bonds is 4. The van der Waals surface area contributed by atoms with Gasteiger partial charge in [0.2, 0.25) is 5.91 Å². The van der Waals surface area contributed by atoms with Crippen molar-refractivity contribution in [3.63, 3.8) is 0 Å². The Labute approximate surface area is 148 Å². The number of carboxylic acids is 1. The molecule has 0 spiro atoms. The largest absolute Gasteiger partial charge is 0.497 e. The number of hydrogen-bond acceptors (Lipinski definition) is 4. The van der Waals surface area contributed by atoms with Gasteiger partial charge in [0, 0.05) is 5.69 Å². The van der Waals surface area contributed by atoms with Crippen molar-refractivity contribution in [3.05, 3.63) is 59.9 Å². The molecule has 0 aromatic heterocycles. The molecule has 1 N–H and O–H groups in total. The predicted octanol–water partition coefficient (Wildman–Crippen LogP) is 3.11. The third-order valence-corrected chi connectivity index (χ3v) is 5.26. The smallest absolute Gasteiger partial charge is 0.319 e. The molecule has 1 fully saturated rings. The van der Waals surface area contributed by atoms with Gasteiger partial charge < -0.3 is 14.7 Å². The molecule has 1 amide bonds. The minimum Gasteiger partial charge on any atom is -0.497 e. The van der Waals surface area contributed by atoms with Gasteiger partial charge in [-0.1, -0.05) is 12.1 Å². The van der Waals surface area contributed by atoms with Crippen LogP contribution in [0.1, 0.15) is 11.6 Å². The molecule has 3 rings (SSSR count). The maximum absolute atomic E-state index is 13.3. The third kappa shape index (κ3) is 3.46. The molecular weight excluding hydrogens is 345 g/mol. The summed E-state index contributed by atoms with van der Waals surface area (Å²) in [6.07, 6.45) is 0. The number of amides is 1. The van der Waals surface area contributed by atoms with Crippen LogP contribution in [0.5, 0.6) is 5.75 Å². The molecule has 0 bridgehead atoms. The molecule has 1 heterocycles. The normalized spacial score (nSPS) is 20.4. The van der Waals surface area contributed by atoms with E-state index in [9.17, 15) is 19.1 Å². The highest BCUT2D eigenvalue weighted by molar-refractivity contribution is 8.01. The van der Waals surface area contributed by atoms with Crippen LogP contribution in [0, 0.1) is 5.82 Å². The van der Waals surface area contributed by atoms with Crippen LogP contribution in [0.2, 0.25) is 0 Å². The number of carbonyl (C=O) groups excluding carboxylic acids is 1. The van der Waals surface area contributed by atoms with E-state index in [0.29, 0.717) is 17.0 Å². The molecule has 2 unspecified atom stereocenters. The van der Waals surface area contributed by atoms with Gasteiger partial charge in [-0.25, -0.2) is 4.39 Å². The first-order valence-corrected chi connectivity index (χ1v) is 8.62.